The Hall–Kier alpha value is -0.530. The summed E-state index contributed by atoms with van der Waals surface area (Å²) in [5.74, 6) is 1.02. The lowest BCUT2D eigenvalue weighted by Crippen LogP contribution is -2.05. The smallest absolute Gasteiger partial charge is 0.305 e. The number of carbonyl (C=O) groups excluding carboxylic acids is 1. The van der Waals surface area contributed by atoms with Crippen molar-refractivity contribution in [3.05, 3.63) is 0 Å². The molecule has 1 saturated carbocycles. The van der Waals surface area contributed by atoms with Gasteiger partial charge in [-0.05, 0) is 12.3 Å². The molecule has 0 spiro atoms. The summed E-state index contributed by atoms with van der Waals surface area (Å²) < 4.78 is 4.65. The van der Waals surface area contributed by atoms with E-state index in [1.54, 1.807) is 0 Å². The van der Waals surface area contributed by atoms with E-state index < -0.39 is 0 Å². The van der Waals surface area contributed by atoms with Crippen LogP contribution >= 0.6 is 0 Å². The first-order valence-corrected chi connectivity index (χ1v) is 11.4. The van der Waals surface area contributed by atoms with Crippen molar-refractivity contribution < 1.29 is 9.53 Å². The fourth-order valence-corrected chi connectivity index (χ4v) is 4.22. The van der Waals surface area contributed by atoms with Crippen LogP contribution in [0.5, 0.6) is 0 Å². The molecule has 1 aliphatic rings. The highest BCUT2D eigenvalue weighted by Gasteiger charge is 2.12. The molecule has 0 radical (unpaired) electrons. The average Bonchev–Trinajstić information content (AvgIpc) is 2.65. The van der Waals surface area contributed by atoms with Crippen LogP contribution in [0.2, 0.25) is 0 Å². The molecule has 148 valence electrons. The molecule has 0 atom stereocenters. The second-order valence-electron chi connectivity index (χ2n) is 8.22. The van der Waals surface area contributed by atoms with Crippen molar-refractivity contribution in [2.45, 2.75) is 128 Å². The van der Waals surface area contributed by atoms with E-state index in [9.17, 15) is 4.79 Å². The SMILES string of the molecule is COC(=O)CCCCCCCCCCCCCCCC1CCCCC1. The second kappa shape index (κ2) is 16.9. The molecule has 0 aliphatic heterocycles. The minimum Gasteiger partial charge on any atom is -0.469 e. The zero-order chi connectivity index (χ0) is 18.0. The van der Waals surface area contributed by atoms with Crippen LogP contribution in [0.1, 0.15) is 128 Å². The van der Waals surface area contributed by atoms with Gasteiger partial charge in [0.1, 0.15) is 0 Å². The average molecular weight is 353 g/mol. The van der Waals surface area contributed by atoms with E-state index in [0.29, 0.717) is 6.42 Å². The standard InChI is InChI=1S/C23H44O2/c1-25-23(24)21-17-12-10-8-6-4-2-3-5-7-9-11-14-18-22-19-15-13-16-20-22/h22H,2-21H2,1H3. The Bertz CT molecular complexity index is 294. The lowest BCUT2D eigenvalue weighted by atomic mass is 9.85. The molecule has 2 nitrogen and oxygen atoms in total. The number of hydrogen-bond donors (Lipinski definition) is 0. The molecule has 0 heterocycles. The van der Waals surface area contributed by atoms with Gasteiger partial charge in [0.25, 0.3) is 0 Å². The van der Waals surface area contributed by atoms with Crippen molar-refractivity contribution in [1.82, 2.24) is 0 Å². The van der Waals surface area contributed by atoms with Gasteiger partial charge in [-0.15, -0.1) is 0 Å². The summed E-state index contributed by atoms with van der Waals surface area (Å²) in [5.41, 5.74) is 0. The van der Waals surface area contributed by atoms with E-state index >= 15 is 0 Å². The quantitative estimate of drug-likeness (QED) is 0.211. The maximum atomic E-state index is 11.0. The Morgan fingerprint density at radius 2 is 1.12 bits per heavy atom. The van der Waals surface area contributed by atoms with Crippen LogP contribution in [0.15, 0.2) is 0 Å². The molecule has 0 unspecified atom stereocenters. The molecule has 0 amide bonds. The lowest BCUT2D eigenvalue weighted by molar-refractivity contribution is -0.140. The number of esters is 1. The van der Waals surface area contributed by atoms with Crippen molar-refractivity contribution >= 4 is 5.97 Å². The second-order valence-corrected chi connectivity index (χ2v) is 8.22. The number of unbranched alkanes of at least 4 members (excludes halogenated alkanes) is 12. The topological polar surface area (TPSA) is 26.3 Å². The van der Waals surface area contributed by atoms with Crippen LogP contribution in [0.4, 0.5) is 0 Å². The van der Waals surface area contributed by atoms with Crippen molar-refractivity contribution in [3.63, 3.8) is 0 Å². The van der Waals surface area contributed by atoms with Crippen molar-refractivity contribution in [2.75, 3.05) is 7.11 Å². The van der Waals surface area contributed by atoms with Gasteiger partial charge in [-0.3, -0.25) is 4.79 Å². The fourth-order valence-electron chi connectivity index (χ4n) is 4.22. The van der Waals surface area contributed by atoms with E-state index in [1.165, 1.54) is 123 Å². The van der Waals surface area contributed by atoms with Gasteiger partial charge in [0.2, 0.25) is 0 Å². The Balaban J connectivity index is 1.68. The zero-order valence-electron chi connectivity index (χ0n) is 17.0. The van der Waals surface area contributed by atoms with Gasteiger partial charge >= 0.3 is 5.97 Å². The van der Waals surface area contributed by atoms with E-state index in [1.807, 2.05) is 0 Å². The van der Waals surface area contributed by atoms with Crippen molar-refractivity contribution in [1.29, 1.82) is 0 Å². The maximum Gasteiger partial charge on any atom is 0.305 e. The Morgan fingerprint density at radius 1 is 0.680 bits per heavy atom. The van der Waals surface area contributed by atoms with Gasteiger partial charge in [0.05, 0.1) is 7.11 Å². The summed E-state index contributed by atoms with van der Waals surface area (Å²) in [6, 6.07) is 0. The summed E-state index contributed by atoms with van der Waals surface area (Å²) >= 11 is 0. The molecule has 0 aromatic rings. The zero-order valence-corrected chi connectivity index (χ0v) is 17.0. The number of rotatable bonds is 16. The third-order valence-electron chi connectivity index (χ3n) is 5.95. The largest absolute Gasteiger partial charge is 0.469 e. The van der Waals surface area contributed by atoms with Gasteiger partial charge < -0.3 is 4.74 Å². The first-order chi connectivity index (χ1) is 12.3. The molecule has 0 aromatic carbocycles. The van der Waals surface area contributed by atoms with Crippen molar-refractivity contribution in [2.24, 2.45) is 5.92 Å². The first-order valence-electron chi connectivity index (χ1n) is 11.4. The predicted octanol–water partition coefficient (Wildman–Crippen LogP) is 7.59. The van der Waals surface area contributed by atoms with Crippen LogP contribution in [0, 0.1) is 5.92 Å². The van der Waals surface area contributed by atoms with Gasteiger partial charge in [-0.25, -0.2) is 0 Å². The molecule has 1 rings (SSSR count). The van der Waals surface area contributed by atoms with Crippen LogP contribution in [-0.2, 0) is 9.53 Å². The van der Waals surface area contributed by atoms with Gasteiger partial charge in [0, 0.05) is 6.42 Å². The Kier molecular flexibility index (Phi) is 15.2. The molecule has 0 bridgehead atoms. The van der Waals surface area contributed by atoms with E-state index in [4.69, 9.17) is 0 Å². The van der Waals surface area contributed by atoms with Gasteiger partial charge in [-0.2, -0.15) is 0 Å². The molecule has 1 aliphatic carbocycles. The molecule has 0 N–H and O–H groups in total. The molecule has 2 heteroatoms. The molecule has 0 saturated heterocycles. The molecule has 1 fully saturated rings. The molecule has 25 heavy (non-hydrogen) atoms. The molecular weight excluding hydrogens is 308 g/mol. The first kappa shape index (κ1) is 22.5. The van der Waals surface area contributed by atoms with E-state index in [-0.39, 0.29) is 5.97 Å². The van der Waals surface area contributed by atoms with Gasteiger partial charge in [-0.1, -0.05) is 116 Å². The molecular formula is C23H44O2. The minimum atomic E-state index is -0.0611. The summed E-state index contributed by atoms with van der Waals surface area (Å²) in [6.45, 7) is 0. The number of methoxy groups -OCH3 is 1. The maximum absolute atomic E-state index is 11.0. The van der Waals surface area contributed by atoms with E-state index in [2.05, 4.69) is 4.74 Å². The lowest BCUT2D eigenvalue weighted by Gasteiger charge is -2.21. The van der Waals surface area contributed by atoms with Crippen LogP contribution < -0.4 is 0 Å². The highest BCUT2D eigenvalue weighted by molar-refractivity contribution is 5.68. The summed E-state index contributed by atoms with van der Waals surface area (Å²) in [5, 5.41) is 0. The predicted molar refractivity (Wildman–Crippen MR) is 108 cm³/mol. The number of carbonyl (C=O) groups is 1. The monoisotopic (exact) mass is 352 g/mol. The fraction of sp³-hybridized carbons (Fsp3) is 0.957. The van der Waals surface area contributed by atoms with E-state index in [0.717, 1.165) is 12.3 Å². The normalized spacial score (nSPS) is 15.4. The Morgan fingerprint density at radius 3 is 1.60 bits per heavy atom. The summed E-state index contributed by atoms with van der Waals surface area (Å²) in [7, 11) is 1.47. The van der Waals surface area contributed by atoms with Crippen molar-refractivity contribution in [3.8, 4) is 0 Å². The highest BCUT2D eigenvalue weighted by atomic mass is 16.5. The number of ether oxygens (including phenoxy) is 1. The van der Waals surface area contributed by atoms with Gasteiger partial charge in [0.15, 0.2) is 0 Å². The van der Waals surface area contributed by atoms with Crippen LogP contribution in [0.3, 0.4) is 0 Å². The Labute approximate surface area is 157 Å². The third-order valence-corrected chi connectivity index (χ3v) is 5.95. The highest BCUT2D eigenvalue weighted by Crippen LogP contribution is 2.28. The van der Waals surface area contributed by atoms with Crippen LogP contribution in [-0.4, -0.2) is 13.1 Å². The van der Waals surface area contributed by atoms with Crippen LogP contribution in [0.25, 0.3) is 0 Å². The molecule has 0 aromatic heterocycles. The number of hydrogen-bond acceptors (Lipinski definition) is 2. The summed E-state index contributed by atoms with van der Waals surface area (Å²) in [4.78, 5) is 11.0. The third kappa shape index (κ3) is 14.3. The summed E-state index contributed by atoms with van der Waals surface area (Å²) in [6.07, 6.45) is 27.4. The minimum absolute atomic E-state index is 0.0611.